The summed E-state index contributed by atoms with van der Waals surface area (Å²) in [6, 6.07) is 8.87. The van der Waals surface area contributed by atoms with Crippen molar-refractivity contribution in [2.24, 2.45) is 0 Å². The number of aryl methyl sites for hydroxylation is 1. The van der Waals surface area contributed by atoms with Gasteiger partial charge in [0.25, 0.3) is 0 Å². The van der Waals surface area contributed by atoms with Gasteiger partial charge in [0, 0.05) is 5.02 Å². The summed E-state index contributed by atoms with van der Waals surface area (Å²) >= 11 is 5.62. The maximum absolute atomic E-state index is 13.9. The fourth-order valence-electron chi connectivity index (χ4n) is 2.14. The second kappa shape index (κ2) is 7.29. The summed E-state index contributed by atoms with van der Waals surface area (Å²) in [5.41, 5.74) is 1.42. The van der Waals surface area contributed by atoms with E-state index in [1.54, 1.807) is 24.3 Å². The normalized spacial score (nSPS) is 12.8. The quantitative estimate of drug-likeness (QED) is 0.816. The van der Waals surface area contributed by atoms with E-state index in [9.17, 15) is 17.6 Å². The van der Waals surface area contributed by atoms with Crippen LogP contribution in [0.1, 0.15) is 23.6 Å². The Bertz CT molecular complexity index is 853. The number of rotatable bonds is 6. The average molecular weight is 372 g/mol. The predicted molar refractivity (Wildman–Crippen MR) is 87.9 cm³/mol. The van der Waals surface area contributed by atoms with Crippen molar-refractivity contribution < 1.29 is 22.7 Å². The molecule has 0 amide bonds. The second-order valence-corrected chi connectivity index (χ2v) is 7.38. The minimum absolute atomic E-state index is 0.0621. The molecule has 0 bridgehead atoms. The van der Waals surface area contributed by atoms with Gasteiger partial charge in [-0.15, -0.1) is 0 Å². The topological polar surface area (TPSA) is 83.5 Å². The fourth-order valence-corrected chi connectivity index (χ4v) is 3.59. The minimum Gasteiger partial charge on any atom is -0.481 e. The number of carbonyl (C=O) groups is 1. The number of nitrogens with one attached hydrogen (secondary N) is 1. The SMILES string of the molecule is Cc1ccc(C(CC(=O)O)NS(=O)(=O)c2ccc(Cl)cc2F)cc1. The lowest BCUT2D eigenvalue weighted by atomic mass is 10.0. The molecular weight excluding hydrogens is 357 g/mol. The summed E-state index contributed by atoms with van der Waals surface area (Å²) in [6.45, 7) is 1.85. The molecule has 2 N–H and O–H groups in total. The van der Waals surface area contributed by atoms with Crippen molar-refractivity contribution in [1.82, 2.24) is 4.72 Å². The van der Waals surface area contributed by atoms with Crippen LogP contribution in [0.5, 0.6) is 0 Å². The first-order valence-corrected chi connectivity index (χ1v) is 8.81. The summed E-state index contributed by atoms with van der Waals surface area (Å²) in [7, 11) is -4.26. The molecule has 1 unspecified atom stereocenters. The number of sulfonamides is 1. The minimum atomic E-state index is -4.26. The van der Waals surface area contributed by atoms with E-state index in [-0.39, 0.29) is 5.02 Å². The van der Waals surface area contributed by atoms with Crippen molar-refractivity contribution in [1.29, 1.82) is 0 Å². The van der Waals surface area contributed by atoms with Gasteiger partial charge in [-0.1, -0.05) is 41.4 Å². The van der Waals surface area contributed by atoms with Crippen LogP contribution in [0.2, 0.25) is 5.02 Å². The third-order valence-electron chi connectivity index (χ3n) is 3.34. The standard InChI is InChI=1S/C16H15ClFNO4S/c1-10-2-4-11(5-3-10)14(9-16(20)21)19-24(22,23)15-7-6-12(17)8-13(15)18/h2-8,14,19H,9H2,1H3,(H,20,21). The molecule has 8 heteroatoms. The molecule has 0 aliphatic rings. The van der Waals surface area contributed by atoms with E-state index in [1.807, 2.05) is 6.92 Å². The van der Waals surface area contributed by atoms with Crippen molar-refractivity contribution in [3.8, 4) is 0 Å². The van der Waals surface area contributed by atoms with Crippen LogP contribution >= 0.6 is 11.6 Å². The predicted octanol–water partition coefficient (Wildman–Crippen LogP) is 3.28. The Morgan fingerprint density at radius 3 is 2.42 bits per heavy atom. The van der Waals surface area contributed by atoms with Gasteiger partial charge >= 0.3 is 5.97 Å². The number of aliphatic carboxylic acids is 1. The largest absolute Gasteiger partial charge is 0.481 e. The summed E-state index contributed by atoms with van der Waals surface area (Å²) in [6.07, 6.45) is -0.475. The Labute approximate surface area is 144 Å². The Kier molecular flexibility index (Phi) is 5.58. The van der Waals surface area contributed by atoms with Gasteiger partial charge in [0.2, 0.25) is 10.0 Å². The number of hydrogen-bond acceptors (Lipinski definition) is 3. The number of carboxylic acids is 1. The van der Waals surface area contributed by atoms with E-state index in [2.05, 4.69) is 4.72 Å². The molecule has 0 spiro atoms. The molecule has 0 heterocycles. The molecule has 128 valence electrons. The van der Waals surface area contributed by atoms with Crippen LogP contribution in [0.25, 0.3) is 0 Å². The van der Waals surface area contributed by atoms with Gasteiger partial charge in [0.15, 0.2) is 0 Å². The van der Waals surface area contributed by atoms with E-state index in [0.717, 1.165) is 17.7 Å². The lowest BCUT2D eigenvalue weighted by Crippen LogP contribution is -2.30. The van der Waals surface area contributed by atoms with E-state index in [0.29, 0.717) is 5.56 Å². The number of benzene rings is 2. The molecule has 0 fully saturated rings. The zero-order valence-electron chi connectivity index (χ0n) is 12.7. The van der Waals surface area contributed by atoms with Gasteiger partial charge in [-0.25, -0.2) is 17.5 Å². The Balaban J connectivity index is 2.37. The van der Waals surface area contributed by atoms with Crippen LogP contribution in [0.15, 0.2) is 47.4 Å². The van der Waals surface area contributed by atoms with Gasteiger partial charge < -0.3 is 5.11 Å². The fraction of sp³-hybridized carbons (Fsp3) is 0.188. The van der Waals surface area contributed by atoms with E-state index in [4.69, 9.17) is 16.7 Å². The first kappa shape index (κ1) is 18.4. The number of carboxylic acid groups (broad SMARTS) is 1. The van der Waals surface area contributed by atoms with Crippen molar-refractivity contribution in [2.75, 3.05) is 0 Å². The molecule has 24 heavy (non-hydrogen) atoms. The zero-order valence-corrected chi connectivity index (χ0v) is 14.2. The second-order valence-electron chi connectivity index (χ2n) is 5.26. The Morgan fingerprint density at radius 2 is 1.88 bits per heavy atom. The van der Waals surface area contributed by atoms with Gasteiger partial charge in [0.1, 0.15) is 10.7 Å². The van der Waals surface area contributed by atoms with Gasteiger partial charge in [-0.05, 0) is 30.7 Å². The van der Waals surface area contributed by atoms with Crippen LogP contribution in [-0.2, 0) is 14.8 Å². The lowest BCUT2D eigenvalue weighted by molar-refractivity contribution is -0.137. The Morgan fingerprint density at radius 1 is 1.25 bits per heavy atom. The maximum Gasteiger partial charge on any atom is 0.305 e. The van der Waals surface area contributed by atoms with Crippen molar-refractivity contribution in [3.63, 3.8) is 0 Å². The number of hydrogen-bond donors (Lipinski definition) is 2. The number of halogens is 2. The molecule has 0 radical (unpaired) electrons. The molecule has 2 aromatic carbocycles. The average Bonchev–Trinajstić information content (AvgIpc) is 2.46. The monoisotopic (exact) mass is 371 g/mol. The molecule has 2 aromatic rings. The Hall–Kier alpha value is -1.96. The first-order chi connectivity index (χ1) is 11.2. The van der Waals surface area contributed by atoms with Crippen LogP contribution < -0.4 is 4.72 Å². The highest BCUT2D eigenvalue weighted by molar-refractivity contribution is 7.89. The van der Waals surface area contributed by atoms with Crippen molar-refractivity contribution >= 4 is 27.6 Å². The van der Waals surface area contributed by atoms with Crippen molar-refractivity contribution in [2.45, 2.75) is 24.3 Å². The summed E-state index contributed by atoms with van der Waals surface area (Å²) in [4.78, 5) is 10.5. The highest BCUT2D eigenvalue weighted by atomic mass is 35.5. The third-order valence-corrected chi connectivity index (χ3v) is 5.08. The van der Waals surface area contributed by atoms with E-state index >= 15 is 0 Å². The molecule has 0 aliphatic carbocycles. The van der Waals surface area contributed by atoms with E-state index < -0.39 is 39.2 Å². The summed E-state index contributed by atoms with van der Waals surface area (Å²) in [5.74, 6) is -2.19. The smallest absolute Gasteiger partial charge is 0.305 e. The van der Waals surface area contributed by atoms with E-state index in [1.165, 1.54) is 6.07 Å². The first-order valence-electron chi connectivity index (χ1n) is 6.95. The van der Waals surface area contributed by atoms with Gasteiger partial charge in [0.05, 0.1) is 12.5 Å². The third kappa shape index (κ3) is 4.53. The van der Waals surface area contributed by atoms with Crippen molar-refractivity contribution in [3.05, 3.63) is 64.4 Å². The molecule has 0 saturated carbocycles. The molecule has 5 nitrogen and oxygen atoms in total. The molecule has 0 aromatic heterocycles. The lowest BCUT2D eigenvalue weighted by Gasteiger charge is -2.18. The van der Waals surface area contributed by atoms with Crippen LogP contribution in [0, 0.1) is 12.7 Å². The molecule has 0 aliphatic heterocycles. The summed E-state index contributed by atoms with van der Waals surface area (Å²) in [5, 5.41) is 9.09. The maximum atomic E-state index is 13.9. The molecule has 0 saturated heterocycles. The molecular formula is C16H15ClFNO4S. The van der Waals surface area contributed by atoms with Gasteiger partial charge in [-0.2, -0.15) is 0 Å². The van der Waals surface area contributed by atoms with Crippen LogP contribution in [-0.4, -0.2) is 19.5 Å². The summed E-state index contributed by atoms with van der Waals surface area (Å²) < 4.78 is 41.0. The molecule has 2 rings (SSSR count). The van der Waals surface area contributed by atoms with Crippen LogP contribution in [0.3, 0.4) is 0 Å². The highest BCUT2D eigenvalue weighted by Gasteiger charge is 2.26. The van der Waals surface area contributed by atoms with Crippen LogP contribution in [0.4, 0.5) is 4.39 Å². The molecule has 1 atom stereocenters. The zero-order chi connectivity index (χ0) is 17.9. The highest BCUT2D eigenvalue weighted by Crippen LogP contribution is 2.24. The van der Waals surface area contributed by atoms with Gasteiger partial charge in [-0.3, -0.25) is 4.79 Å².